The van der Waals surface area contributed by atoms with Gasteiger partial charge in [0.15, 0.2) is 0 Å². The monoisotopic (exact) mass is 280 g/mol. The normalized spacial score (nSPS) is 19.6. The van der Waals surface area contributed by atoms with Crippen LogP contribution in [0.2, 0.25) is 0 Å². The van der Waals surface area contributed by atoms with Crippen molar-refractivity contribution in [2.45, 2.75) is 44.4 Å². The molecule has 0 aromatic carbocycles. The number of allylic oxidation sites excluding steroid dienone is 1. The molecule has 1 atom stereocenters. The van der Waals surface area contributed by atoms with E-state index in [1.807, 2.05) is 0 Å². The third-order valence-electron chi connectivity index (χ3n) is 3.21. The molecule has 0 radical (unpaired) electrons. The Hall–Kier alpha value is -1.04. The maximum Gasteiger partial charge on any atom is 0.409 e. The van der Waals surface area contributed by atoms with Gasteiger partial charge in [-0.3, -0.25) is 0 Å². The molecule has 1 unspecified atom stereocenters. The molecule has 110 valence electrons. The Morgan fingerprint density at radius 3 is 2.47 bits per heavy atom. The lowest BCUT2D eigenvalue weighted by molar-refractivity contribution is -0.148. The third kappa shape index (κ3) is 6.61. The van der Waals surface area contributed by atoms with Crippen molar-refractivity contribution in [2.24, 2.45) is 5.92 Å². The standard InChI is InChI=1S/C13H19F3O3/c1-18-12(17)9-19-11(7-8-13(14,15)16)10-5-3-2-4-6-10/h7-8,10-11H,2-6,9H2,1H3/b8-7-. The van der Waals surface area contributed by atoms with Crippen LogP contribution in [0.1, 0.15) is 32.1 Å². The zero-order valence-corrected chi connectivity index (χ0v) is 10.9. The van der Waals surface area contributed by atoms with Crippen LogP contribution in [-0.2, 0) is 14.3 Å². The van der Waals surface area contributed by atoms with Crippen molar-refractivity contribution in [1.82, 2.24) is 0 Å². The van der Waals surface area contributed by atoms with Gasteiger partial charge in [0.2, 0.25) is 0 Å². The lowest BCUT2D eigenvalue weighted by atomic mass is 9.85. The fraction of sp³-hybridized carbons (Fsp3) is 0.769. The SMILES string of the molecule is COC(=O)COC(/C=C\C(F)(F)F)C1CCCCC1. The highest BCUT2D eigenvalue weighted by Gasteiger charge is 2.27. The highest BCUT2D eigenvalue weighted by molar-refractivity contribution is 5.70. The van der Waals surface area contributed by atoms with E-state index < -0.39 is 18.2 Å². The molecule has 0 amide bonds. The minimum atomic E-state index is -4.36. The van der Waals surface area contributed by atoms with Crippen LogP contribution < -0.4 is 0 Å². The zero-order valence-electron chi connectivity index (χ0n) is 10.9. The van der Waals surface area contributed by atoms with Gasteiger partial charge in [0, 0.05) is 6.08 Å². The van der Waals surface area contributed by atoms with E-state index in [4.69, 9.17) is 4.74 Å². The van der Waals surface area contributed by atoms with Crippen LogP contribution in [0.15, 0.2) is 12.2 Å². The maximum atomic E-state index is 12.2. The highest BCUT2D eigenvalue weighted by atomic mass is 19.4. The summed E-state index contributed by atoms with van der Waals surface area (Å²) in [6, 6.07) is 0. The zero-order chi connectivity index (χ0) is 14.3. The molecule has 1 fully saturated rings. The number of hydrogen-bond acceptors (Lipinski definition) is 3. The van der Waals surface area contributed by atoms with Gasteiger partial charge in [0.05, 0.1) is 13.2 Å². The smallest absolute Gasteiger partial charge is 0.409 e. The van der Waals surface area contributed by atoms with Crippen LogP contribution in [0, 0.1) is 5.92 Å². The number of hydrogen-bond donors (Lipinski definition) is 0. The molecule has 6 heteroatoms. The van der Waals surface area contributed by atoms with E-state index in [1.165, 1.54) is 7.11 Å². The second-order valence-corrected chi connectivity index (χ2v) is 4.65. The molecule has 0 heterocycles. The fourth-order valence-electron chi connectivity index (χ4n) is 2.24. The van der Waals surface area contributed by atoms with Crippen LogP contribution in [0.3, 0.4) is 0 Å². The van der Waals surface area contributed by atoms with E-state index >= 15 is 0 Å². The predicted molar refractivity (Wildman–Crippen MR) is 63.5 cm³/mol. The minimum Gasteiger partial charge on any atom is -0.467 e. The van der Waals surface area contributed by atoms with Crippen molar-refractivity contribution >= 4 is 5.97 Å². The Kier molecular flexibility index (Phi) is 6.34. The molecule has 0 spiro atoms. The molecule has 1 saturated carbocycles. The van der Waals surface area contributed by atoms with Gasteiger partial charge in [-0.05, 0) is 18.8 Å². The molecule has 0 aromatic rings. The lowest BCUT2D eigenvalue weighted by Gasteiger charge is -2.28. The number of esters is 1. The summed E-state index contributed by atoms with van der Waals surface area (Å²) >= 11 is 0. The number of halogens is 3. The Morgan fingerprint density at radius 1 is 1.32 bits per heavy atom. The molecule has 0 aliphatic heterocycles. The Balaban J connectivity index is 2.60. The van der Waals surface area contributed by atoms with Gasteiger partial charge in [0.25, 0.3) is 0 Å². The van der Waals surface area contributed by atoms with E-state index in [9.17, 15) is 18.0 Å². The lowest BCUT2D eigenvalue weighted by Crippen LogP contribution is -2.27. The summed E-state index contributed by atoms with van der Waals surface area (Å²) in [6.07, 6.45) is 0.890. The summed E-state index contributed by atoms with van der Waals surface area (Å²) in [5, 5.41) is 0. The predicted octanol–water partition coefficient (Wildman–Crippen LogP) is 3.24. The first-order valence-corrected chi connectivity index (χ1v) is 6.37. The largest absolute Gasteiger partial charge is 0.467 e. The molecule has 19 heavy (non-hydrogen) atoms. The highest BCUT2D eigenvalue weighted by Crippen LogP contribution is 2.29. The molecule has 0 N–H and O–H groups in total. The molecule has 0 aromatic heterocycles. The maximum absolute atomic E-state index is 12.2. The van der Waals surface area contributed by atoms with E-state index in [2.05, 4.69) is 4.74 Å². The van der Waals surface area contributed by atoms with Crippen molar-refractivity contribution in [3.8, 4) is 0 Å². The molecule has 3 nitrogen and oxygen atoms in total. The van der Waals surface area contributed by atoms with Gasteiger partial charge in [-0.25, -0.2) is 4.79 Å². The third-order valence-corrected chi connectivity index (χ3v) is 3.21. The van der Waals surface area contributed by atoms with Crippen molar-refractivity contribution in [3.63, 3.8) is 0 Å². The second kappa shape index (κ2) is 7.53. The molecular formula is C13H19F3O3. The topological polar surface area (TPSA) is 35.5 Å². The van der Waals surface area contributed by atoms with Crippen molar-refractivity contribution in [2.75, 3.05) is 13.7 Å². The summed E-state index contributed by atoms with van der Waals surface area (Å²) in [7, 11) is 1.22. The van der Waals surface area contributed by atoms with E-state index in [0.29, 0.717) is 0 Å². The Morgan fingerprint density at radius 2 is 1.95 bits per heavy atom. The van der Waals surface area contributed by atoms with Gasteiger partial charge < -0.3 is 9.47 Å². The average Bonchev–Trinajstić information content (AvgIpc) is 2.38. The van der Waals surface area contributed by atoms with Gasteiger partial charge in [-0.2, -0.15) is 13.2 Å². The number of methoxy groups -OCH3 is 1. The quantitative estimate of drug-likeness (QED) is 0.573. The number of alkyl halides is 3. The van der Waals surface area contributed by atoms with Gasteiger partial charge in [-0.1, -0.05) is 25.3 Å². The first-order valence-electron chi connectivity index (χ1n) is 6.37. The summed E-state index contributed by atoms with van der Waals surface area (Å²) < 4.78 is 46.3. The van der Waals surface area contributed by atoms with E-state index in [0.717, 1.165) is 38.2 Å². The van der Waals surface area contributed by atoms with Crippen molar-refractivity contribution in [3.05, 3.63) is 12.2 Å². The summed E-state index contributed by atoms with van der Waals surface area (Å²) in [5.41, 5.74) is 0. The van der Waals surface area contributed by atoms with E-state index in [1.54, 1.807) is 0 Å². The van der Waals surface area contributed by atoms with Crippen molar-refractivity contribution in [1.29, 1.82) is 0 Å². The second-order valence-electron chi connectivity index (χ2n) is 4.65. The number of ether oxygens (including phenoxy) is 2. The van der Waals surface area contributed by atoms with E-state index in [-0.39, 0.29) is 18.6 Å². The van der Waals surface area contributed by atoms with Gasteiger partial charge in [-0.15, -0.1) is 0 Å². The molecule has 1 aliphatic rings. The van der Waals surface area contributed by atoms with Crippen molar-refractivity contribution < 1.29 is 27.4 Å². The number of rotatable bonds is 5. The number of carbonyl (C=O) groups excluding carboxylic acids is 1. The van der Waals surface area contributed by atoms with Gasteiger partial charge >= 0.3 is 12.1 Å². The van der Waals surface area contributed by atoms with Crippen LogP contribution in [-0.4, -0.2) is 32.0 Å². The molecule has 1 rings (SSSR count). The Bertz CT molecular complexity index is 307. The first-order chi connectivity index (χ1) is 8.92. The minimum absolute atomic E-state index is 0.0389. The first kappa shape index (κ1) is 16.0. The summed E-state index contributed by atoms with van der Waals surface area (Å²) in [6.45, 7) is -0.320. The molecule has 0 bridgehead atoms. The van der Waals surface area contributed by atoms with Gasteiger partial charge in [0.1, 0.15) is 6.61 Å². The molecular weight excluding hydrogens is 261 g/mol. The number of carbonyl (C=O) groups is 1. The summed E-state index contributed by atoms with van der Waals surface area (Å²) in [5.74, 6) is -0.543. The van der Waals surface area contributed by atoms with Crippen LogP contribution in [0.5, 0.6) is 0 Å². The van der Waals surface area contributed by atoms with Crippen LogP contribution >= 0.6 is 0 Å². The van der Waals surface area contributed by atoms with Crippen LogP contribution in [0.4, 0.5) is 13.2 Å². The molecule has 1 aliphatic carbocycles. The summed E-state index contributed by atoms with van der Waals surface area (Å²) in [4.78, 5) is 11.0. The van der Waals surface area contributed by atoms with Crippen LogP contribution in [0.25, 0.3) is 0 Å². The fourth-order valence-corrected chi connectivity index (χ4v) is 2.24. The molecule has 0 saturated heterocycles. The average molecular weight is 280 g/mol. The Labute approximate surface area is 110 Å².